The van der Waals surface area contributed by atoms with Crippen LogP contribution in [0.5, 0.6) is 5.75 Å². The summed E-state index contributed by atoms with van der Waals surface area (Å²) in [5, 5.41) is 3.45. The van der Waals surface area contributed by atoms with E-state index >= 15 is 0 Å². The Balaban J connectivity index is 1.69. The average Bonchev–Trinajstić information content (AvgIpc) is 2.67. The van der Waals surface area contributed by atoms with E-state index in [1.54, 1.807) is 24.4 Å². The number of fused-ring (bicyclic) bond motifs is 1. The molecule has 1 aromatic carbocycles. The third kappa shape index (κ3) is 4.59. The van der Waals surface area contributed by atoms with Gasteiger partial charge >= 0.3 is 6.18 Å². The lowest BCUT2D eigenvalue weighted by Gasteiger charge is -2.29. The number of anilines is 1. The fraction of sp³-hybridized carbons (Fsp3) is 0.400. The maximum Gasteiger partial charge on any atom is 0.391 e. The minimum Gasteiger partial charge on any atom is -0.491 e. The van der Waals surface area contributed by atoms with Gasteiger partial charge in [0.1, 0.15) is 11.3 Å². The number of pyridine rings is 1. The zero-order valence-corrected chi connectivity index (χ0v) is 14.8. The number of amides is 1. The summed E-state index contributed by atoms with van der Waals surface area (Å²) in [4.78, 5) is 15.9. The second kappa shape index (κ2) is 7.98. The first kappa shape index (κ1) is 19.2. The minimum atomic E-state index is -4.10. The van der Waals surface area contributed by atoms with Gasteiger partial charge in [-0.1, -0.05) is 6.58 Å². The number of carbonyl (C=O) groups is 1. The molecule has 1 saturated carbocycles. The summed E-state index contributed by atoms with van der Waals surface area (Å²) in [6, 6.07) is 7.02. The molecule has 1 aromatic heterocycles. The van der Waals surface area contributed by atoms with Crippen molar-refractivity contribution in [1.82, 2.24) is 4.98 Å². The maximum absolute atomic E-state index is 12.8. The standard InChI is InChI=1S/C20H21F3N2O2/c1-2-18(26)25-16-9-10-17(19-15(16)4-3-11-24-19)27-12-13-5-7-14(8-6-13)20(21,22)23/h2-4,9-11,13-14H,1,5-8,12H2,(H,25,26). The van der Waals surface area contributed by atoms with E-state index < -0.39 is 12.1 Å². The van der Waals surface area contributed by atoms with Crippen LogP contribution in [0.15, 0.2) is 43.1 Å². The highest BCUT2D eigenvalue weighted by Gasteiger charge is 2.41. The summed E-state index contributed by atoms with van der Waals surface area (Å²) in [6.07, 6.45) is 0.0303. The predicted octanol–water partition coefficient (Wildman–Crippen LogP) is 5.11. The fourth-order valence-electron chi connectivity index (χ4n) is 3.42. The Morgan fingerprint density at radius 1 is 1.26 bits per heavy atom. The van der Waals surface area contributed by atoms with E-state index in [0.29, 0.717) is 36.4 Å². The van der Waals surface area contributed by atoms with E-state index in [4.69, 9.17) is 4.74 Å². The van der Waals surface area contributed by atoms with Gasteiger partial charge in [-0.3, -0.25) is 9.78 Å². The van der Waals surface area contributed by atoms with Gasteiger partial charge in [0.25, 0.3) is 0 Å². The number of carbonyl (C=O) groups excluding carboxylic acids is 1. The van der Waals surface area contributed by atoms with Crippen LogP contribution in [0.4, 0.5) is 18.9 Å². The number of hydrogen-bond acceptors (Lipinski definition) is 3. The Morgan fingerprint density at radius 2 is 2.00 bits per heavy atom. The number of aromatic nitrogens is 1. The lowest BCUT2D eigenvalue weighted by atomic mass is 9.82. The molecule has 1 heterocycles. The van der Waals surface area contributed by atoms with Crippen LogP contribution in [0.1, 0.15) is 25.7 Å². The number of ether oxygens (including phenoxy) is 1. The molecule has 0 bridgehead atoms. The third-order valence-corrected chi connectivity index (χ3v) is 4.96. The fourth-order valence-corrected chi connectivity index (χ4v) is 3.42. The molecular weight excluding hydrogens is 357 g/mol. The van der Waals surface area contributed by atoms with E-state index in [9.17, 15) is 18.0 Å². The van der Waals surface area contributed by atoms with Crippen molar-refractivity contribution >= 4 is 22.5 Å². The molecule has 1 fully saturated rings. The molecule has 1 N–H and O–H groups in total. The minimum absolute atomic E-state index is 0.0995. The van der Waals surface area contributed by atoms with Crippen LogP contribution in [0, 0.1) is 11.8 Å². The molecule has 7 heteroatoms. The molecular formula is C20H21F3N2O2. The molecule has 0 atom stereocenters. The second-order valence-corrected chi connectivity index (χ2v) is 6.77. The largest absolute Gasteiger partial charge is 0.491 e. The molecule has 27 heavy (non-hydrogen) atoms. The lowest BCUT2D eigenvalue weighted by Crippen LogP contribution is -2.29. The number of nitrogens with one attached hydrogen (secondary N) is 1. The molecule has 1 amide bonds. The number of alkyl halides is 3. The van der Waals surface area contributed by atoms with Crippen molar-refractivity contribution < 1.29 is 22.7 Å². The summed E-state index contributed by atoms with van der Waals surface area (Å²) < 4.78 is 44.2. The Hall–Kier alpha value is -2.57. The van der Waals surface area contributed by atoms with Gasteiger partial charge in [-0.2, -0.15) is 13.2 Å². The third-order valence-electron chi connectivity index (χ3n) is 4.96. The van der Waals surface area contributed by atoms with Gasteiger partial charge in [0.05, 0.1) is 18.2 Å². The molecule has 0 saturated heterocycles. The van der Waals surface area contributed by atoms with Gasteiger partial charge in [0.2, 0.25) is 5.91 Å². The zero-order chi connectivity index (χ0) is 19.4. The number of halogens is 3. The maximum atomic E-state index is 12.8. The molecule has 1 aliphatic rings. The molecule has 0 aliphatic heterocycles. The Bertz CT molecular complexity index is 828. The number of rotatable bonds is 5. The van der Waals surface area contributed by atoms with Crippen LogP contribution < -0.4 is 10.1 Å². The summed E-state index contributed by atoms with van der Waals surface area (Å²) in [7, 11) is 0. The van der Waals surface area contributed by atoms with Gasteiger partial charge in [0, 0.05) is 11.6 Å². The van der Waals surface area contributed by atoms with Gasteiger partial charge in [-0.25, -0.2) is 0 Å². The lowest BCUT2D eigenvalue weighted by molar-refractivity contribution is -0.184. The van der Waals surface area contributed by atoms with Crippen LogP contribution in [0.3, 0.4) is 0 Å². The van der Waals surface area contributed by atoms with Crippen LogP contribution in [-0.2, 0) is 4.79 Å². The van der Waals surface area contributed by atoms with E-state index in [2.05, 4.69) is 16.9 Å². The van der Waals surface area contributed by atoms with Crippen LogP contribution in [-0.4, -0.2) is 23.7 Å². The summed E-state index contributed by atoms with van der Waals surface area (Å²) >= 11 is 0. The molecule has 4 nitrogen and oxygen atoms in total. The van der Waals surface area contributed by atoms with Crippen molar-refractivity contribution in [3.05, 3.63) is 43.1 Å². The van der Waals surface area contributed by atoms with Crippen molar-refractivity contribution in [3.8, 4) is 5.75 Å². The van der Waals surface area contributed by atoms with Crippen molar-refractivity contribution in [2.75, 3.05) is 11.9 Å². The second-order valence-electron chi connectivity index (χ2n) is 6.77. The monoisotopic (exact) mass is 378 g/mol. The highest BCUT2D eigenvalue weighted by molar-refractivity contribution is 6.06. The summed E-state index contributed by atoms with van der Waals surface area (Å²) in [6.45, 7) is 3.79. The van der Waals surface area contributed by atoms with E-state index in [1.165, 1.54) is 6.08 Å². The smallest absolute Gasteiger partial charge is 0.391 e. The summed E-state index contributed by atoms with van der Waals surface area (Å²) in [5.74, 6) is -0.859. The quantitative estimate of drug-likeness (QED) is 0.736. The average molecular weight is 378 g/mol. The van der Waals surface area contributed by atoms with Gasteiger partial charge in [0.15, 0.2) is 0 Å². The number of benzene rings is 1. The SMILES string of the molecule is C=CC(=O)Nc1ccc(OCC2CCC(C(F)(F)F)CC2)c2ncccc12. The Kier molecular flexibility index (Phi) is 5.68. The topological polar surface area (TPSA) is 51.2 Å². The first-order valence-corrected chi connectivity index (χ1v) is 8.89. The van der Waals surface area contributed by atoms with Crippen LogP contribution in [0.2, 0.25) is 0 Å². The van der Waals surface area contributed by atoms with E-state index in [0.717, 1.165) is 5.39 Å². The zero-order valence-electron chi connectivity index (χ0n) is 14.8. The van der Waals surface area contributed by atoms with E-state index in [1.807, 2.05) is 6.07 Å². The Morgan fingerprint density at radius 3 is 2.67 bits per heavy atom. The molecule has 3 rings (SSSR count). The number of hydrogen-bond donors (Lipinski definition) is 1. The first-order valence-electron chi connectivity index (χ1n) is 8.89. The Labute approximate surface area is 155 Å². The van der Waals surface area contributed by atoms with Crippen LogP contribution >= 0.6 is 0 Å². The molecule has 0 radical (unpaired) electrons. The van der Waals surface area contributed by atoms with Gasteiger partial charge in [-0.15, -0.1) is 0 Å². The molecule has 1 aliphatic carbocycles. The van der Waals surface area contributed by atoms with Gasteiger partial charge < -0.3 is 10.1 Å². The summed E-state index contributed by atoms with van der Waals surface area (Å²) in [5.41, 5.74) is 1.20. The van der Waals surface area contributed by atoms with Crippen molar-refractivity contribution in [3.63, 3.8) is 0 Å². The molecule has 2 aromatic rings. The highest BCUT2D eigenvalue weighted by atomic mass is 19.4. The molecule has 0 spiro atoms. The first-order chi connectivity index (χ1) is 12.9. The number of nitrogens with zero attached hydrogens (tertiary/aromatic N) is 1. The van der Waals surface area contributed by atoms with Crippen molar-refractivity contribution in [2.24, 2.45) is 11.8 Å². The van der Waals surface area contributed by atoms with Gasteiger partial charge in [-0.05, 0) is 61.9 Å². The predicted molar refractivity (Wildman–Crippen MR) is 97.6 cm³/mol. The van der Waals surface area contributed by atoms with E-state index in [-0.39, 0.29) is 24.7 Å². The van der Waals surface area contributed by atoms with Crippen LogP contribution in [0.25, 0.3) is 10.9 Å². The highest BCUT2D eigenvalue weighted by Crippen LogP contribution is 2.40. The normalized spacial score (nSPS) is 20.3. The molecule has 144 valence electrons. The van der Waals surface area contributed by atoms with Crippen molar-refractivity contribution in [2.45, 2.75) is 31.9 Å². The molecule has 0 unspecified atom stereocenters. The van der Waals surface area contributed by atoms with Crippen molar-refractivity contribution in [1.29, 1.82) is 0 Å².